The lowest BCUT2D eigenvalue weighted by atomic mass is 9.95. The van der Waals surface area contributed by atoms with Crippen LogP contribution < -0.4 is 14.9 Å². The number of rotatable bonds is 5. The molecule has 2 aromatic heterocycles. The van der Waals surface area contributed by atoms with Crippen LogP contribution in [0.2, 0.25) is 0 Å². The van der Waals surface area contributed by atoms with Crippen molar-refractivity contribution in [3.8, 4) is 6.07 Å². The average Bonchev–Trinajstić information content (AvgIpc) is 3.33. The maximum Gasteiger partial charge on any atom is 0.338 e. The molecule has 0 N–H and O–H groups in total. The van der Waals surface area contributed by atoms with E-state index in [-0.39, 0.29) is 18.7 Å². The van der Waals surface area contributed by atoms with Crippen LogP contribution >= 0.6 is 11.3 Å². The summed E-state index contributed by atoms with van der Waals surface area (Å²) >= 11 is 1.30. The van der Waals surface area contributed by atoms with Crippen LogP contribution in [0.15, 0.2) is 69.6 Å². The second kappa shape index (κ2) is 9.68. The van der Waals surface area contributed by atoms with Gasteiger partial charge in [-0.3, -0.25) is 9.36 Å². The van der Waals surface area contributed by atoms with Gasteiger partial charge in [-0.05, 0) is 45.4 Å². The van der Waals surface area contributed by atoms with Crippen LogP contribution in [0.3, 0.4) is 0 Å². The molecule has 0 amide bonds. The van der Waals surface area contributed by atoms with Gasteiger partial charge in [0.25, 0.3) is 5.56 Å². The SMILES string of the molecule is CCOC(=O)C1=C(C)N=c2s/c(=C\c3c(C)n(CC#N)c4ccccc34)c(=O)n2[C@H]1c1ccc(C)cc1. The molecule has 0 spiro atoms. The highest BCUT2D eigenvalue weighted by Crippen LogP contribution is 2.31. The lowest BCUT2D eigenvalue weighted by Crippen LogP contribution is -2.39. The predicted octanol–water partition coefficient (Wildman–Crippen LogP) is 3.89. The number of nitrogens with zero attached hydrogens (tertiary/aromatic N) is 4. The summed E-state index contributed by atoms with van der Waals surface area (Å²) in [6.45, 7) is 7.94. The smallest absolute Gasteiger partial charge is 0.338 e. The summed E-state index contributed by atoms with van der Waals surface area (Å²) in [4.78, 5) is 32.2. The van der Waals surface area contributed by atoms with Gasteiger partial charge in [0.2, 0.25) is 0 Å². The van der Waals surface area contributed by atoms with Crippen LogP contribution in [0.1, 0.15) is 42.3 Å². The number of ether oxygens (including phenoxy) is 1. The molecule has 8 heteroatoms. The zero-order valence-electron chi connectivity index (χ0n) is 21.1. The Bertz CT molecular complexity index is 1800. The highest BCUT2D eigenvalue weighted by Gasteiger charge is 2.33. The van der Waals surface area contributed by atoms with E-state index in [4.69, 9.17) is 4.74 Å². The Labute approximate surface area is 217 Å². The predicted molar refractivity (Wildman–Crippen MR) is 144 cm³/mol. The van der Waals surface area contributed by atoms with Gasteiger partial charge in [-0.2, -0.15) is 5.26 Å². The molecule has 1 aliphatic heterocycles. The molecule has 186 valence electrons. The topological polar surface area (TPSA) is 89.4 Å². The average molecular weight is 511 g/mol. The van der Waals surface area contributed by atoms with E-state index in [9.17, 15) is 14.9 Å². The molecule has 1 aliphatic rings. The van der Waals surface area contributed by atoms with Gasteiger partial charge < -0.3 is 9.30 Å². The summed E-state index contributed by atoms with van der Waals surface area (Å²) in [7, 11) is 0. The number of hydrogen-bond donors (Lipinski definition) is 0. The van der Waals surface area contributed by atoms with Crippen molar-refractivity contribution in [1.29, 1.82) is 5.26 Å². The van der Waals surface area contributed by atoms with E-state index in [1.807, 2.05) is 73.0 Å². The number of nitriles is 1. The molecule has 2 aromatic carbocycles. The fourth-order valence-electron chi connectivity index (χ4n) is 4.90. The molecular weight excluding hydrogens is 484 g/mol. The second-order valence-corrected chi connectivity index (χ2v) is 9.98. The first-order valence-corrected chi connectivity index (χ1v) is 12.9. The third kappa shape index (κ3) is 4.11. The van der Waals surface area contributed by atoms with Gasteiger partial charge in [-0.25, -0.2) is 9.79 Å². The van der Waals surface area contributed by atoms with Gasteiger partial charge in [0.1, 0.15) is 6.54 Å². The number of aromatic nitrogens is 2. The van der Waals surface area contributed by atoms with Crippen molar-refractivity contribution in [1.82, 2.24) is 9.13 Å². The number of carbonyl (C=O) groups excluding carboxylic acids is 1. The Morgan fingerprint density at radius 3 is 2.59 bits per heavy atom. The van der Waals surface area contributed by atoms with Crippen molar-refractivity contribution in [2.24, 2.45) is 4.99 Å². The molecule has 3 heterocycles. The lowest BCUT2D eigenvalue weighted by Gasteiger charge is -2.24. The molecule has 4 aromatic rings. The quantitative estimate of drug-likeness (QED) is 0.381. The van der Waals surface area contributed by atoms with Crippen LogP contribution in [0.5, 0.6) is 0 Å². The summed E-state index contributed by atoms with van der Waals surface area (Å²) in [5.41, 5.74) is 5.33. The Kier molecular flexibility index (Phi) is 6.40. The van der Waals surface area contributed by atoms with E-state index in [1.165, 1.54) is 11.3 Å². The first kappa shape index (κ1) is 24.5. The standard InChI is InChI=1S/C29H26N4O3S/c1-5-36-28(35)25-18(3)31-29-33(26(25)20-12-10-17(2)11-13-20)27(34)24(37-29)16-22-19(4)32(15-14-30)23-9-7-6-8-21(22)23/h6-13,16,26H,5,15H2,1-4H3/b24-16-/t26-/m0/s1. The minimum absolute atomic E-state index is 0.219. The van der Waals surface area contributed by atoms with Crippen LogP contribution in [0.25, 0.3) is 17.0 Å². The first-order valence-electron chi connectivity index (χ1n) is 12.1. The summed E-state index contributed by atoms with van der Waals surface area (Å²) in [5, 5.41) is 10.3. The fraction of sp³-hybridized carbons (Fsp3) is 0.241. The van der Waals surface area contributed by atoms with Crippen molar-refractivity contribution in [3.63, 3.8) is 0 Å². The molecule has 7 nitrogen and oxygen atoms in total. The molecule has 0 saturated heterocycles. The van der Waals surface area contributed by atoms with Gasteiger partial charge in [0.15, 0.2) is 4.80 Å². The molecule has 0 aliphatic carbocycles. The van der Waals surface area contributed by atoms with Gasteiger partial charge in [0.05, 0.1) is 34.5 Å². The molecular formula is C29H26N4O3S. The van der Waals surface area contributed by atoms with Gasteiger partial charge >= 0.3 is 5.97 Å². The third-order valence-corrected chi connectivity index (χ3v) is 7.68. The molecule has 37 heavy (non-hydrogen) atoms. The number of thiazole rings is 1. The van der Waals surface area contributed by atoms with Crippen molar-refractivity contribution in [2.75, 3.05) is 6.61 Å². The zero-order chi connectivity index (χ0) is 26.3. The van der Waals surface area contributed by atoms with E-state index in [2.05, 4.69) is 11.1 Å². The minimum atomic E-state index is -0.640. The Morgan fingerprint density at radius 1 is 1.16 bits per heavy atom. The highest BCUT2D eigenvalue weighted by molar-refractivity contribution is 7.07. The number of para-hydroxylation sites is 1. The number of allylic oxidation sites excluding steroid dienone is 1. The van der Waals surface area contributed by atoms with Crippen molar-refractivity contribution >= 4 is 34.3 Å². The van der Waals surface area contributed by atoms with E-state index in [0.717, 1.165) is 33.3 Å². The lowest BCUT2D eigenvalue weighted by molar-refractivity contribution is -0.139. The van der Waals surface area contributed by atoms with Crippen molar-refractivity contribution in [3.05, 3.63) is 102 Å². The van der Waals surface area contributed by atoms with E-state index in [1.54, 1.807) is 18.4 Å². The maximum absolute atomic E-state index is 13.9. The van der Waals surface area contributed by atoms with Crippen LogP contribution in [0, 0.1) is 25.2 Å². The Morgan fingerprint density at radius 2 is 1.89 bits per heavy atom. The zero-order valence-corrected chi connectivity index (χ0v) is 21.9. The fourth-order valence-corrected chi connectivity index (χ4v) is 5.93. The molecule has 1 atom stereocenters. The van der Waals surface area contributed by atoms with Crippen molar-refractivity contribution < 1.29 is 9.53 Å². The third-order valence-electron chi connectivity index (χ3n) is 6.69. The summed E-state index contributed by atoms with van der Waals surface area (Å²) in [5.74, 6) is -0.473. The normalized spacial score (nSPS) is 15.4. The van der Waals surface area contributed by atoms with Crippen molar-refractivity contribution in [2.45, 2.75) is 40.3 Å². The number of benzene rings is 2. The van der Waals surface area contributed by atoms with Crippen LogP contribution in [-0.2, 0) is 16.1 Å². The number of aryl methyl sites for hydroxylation is 1. The van der Waals surface area contributed by atoms with Gasteiger partial charge in [0, 0.05) is 22.2 Å². The monoisotopic (exact) mass is 510 g/mol. The van der Waals surface area contributed by atoms with Crippen LogP contribution in [0.4, 0.5) is 0 Å². The summed E-state index contributed by atoms with van der Waals surface area (Å²) in [6.07, 6.45) is 1.88. The van der Waals surface area contributed by atoms with Crippen LogP contribution in [-0.4, -0.2) is 21.7 Å². The summed E-state index contributed by atoms with van der Waals surface area (Å²) in [6, 6.07) is 17.3. The Hall–Kier alpha value is -4.22. The highest BCUT2D eigenvalue weighted by atomic mass is 32.1. The number of carbonyl (C=O) groups is 1. The van der Waals surface area contributed by atoms with E-state index >= 15 is 0 Å². The largest absolute Gasteiger partial charge is 0.463 e. The molecule has 0 bridgehead atoms. The number of hydrogen-bond acceptors (Lipinski definition) is 6. The maximum atomic E-state index is 13.9. The van der Waals surface area contributed by atoms with Gasteiger partial charge in [-0.15, -0.1) is 0 Å². The van der Waals surface area contributed by atoms with E-state index in [0.29, 0.717) is 20.6 Å². The molecule has 0 unspecified atom stereocenters. The minimum Gasteiger partial charge on any atom is -0.463 e. The second-order valence-electron chi connectivity index (χ2n) is 8.97. The Balaban J connectivity index is 1.77. The molecule has 5 rings (SSSR count). The first-order chi connectivity index (χ1) is 17.8. The number of esters is 1. The molecule has 0 saturated carbocycles. The number of fused-ring (bicyclic) bond motifs is 2. The van der Waals surface area contributed by atoms with Gasteiger partial charge in [-0.1, -0.05) is 59.4 Å². The summed E-state index contributed by atoms with van der Waals surface area (Å²) < 4.78 is 9.44. The molecule has 0 fully saturated rings. The van der Waals surface area contributed by atoms with E-state index < -0.39 is 12.0 Å². The molecule has 0 radical (unpaired) electrons.